The number of rotatable bonds is 6. The molecule has 0 aliphatic heterocycles. The first kappa shape index (κ1) is 17.5. The van der Waals surface area contributed by atoms with E-state index in [1.54, 1.807) is 13.1 Å². The van der Waals surface area contributed by atoms with E-state index in [4.69, 9.17) is 0 Å². The van der Waals surface area contributed by atoms with Gasteiger partial charge in [0.05, 0.1) is 16.2 Å². The lowest BCUT2D eigenvalue weighted by Gasteiger charge is -2.14. The summed E-state index contributed by atoms with van der Waals surface area (Å²) in [6, 6.07) is 7.25. The lowest BCUT2D eigenvalue weighted by molar-refractivity contribution is -0.120. The molecule has 1 N–H and O–H groups in total. The molecule has 6 heteroatoms. The Balaban J connectivity index is 2.13. The fourth-order valence-corrected chi connectivity index (χ4v) is 3.04. The first-order chi connectivity index (χ1) is 10.9. The molecule has 0 aliphatic carbocycles. The van der Waals surface area contributed by atoms with Crippen LogP contribution in [0.3, 0.4) is 0 Å². The van der Waals surface area contributed by atoms with Crippen molar-refractivity contribution in [1.82, 2.24) is 14.9 Å². The second-order valence-electron chi connectivity index (χ2n) is 6.01. The van der Waals surface area contributed by atoms with Crippen molar-refractivity contribution in [3.8, 4) is 0 Å². The van der Waals surface area contributed by atoms with Gasteiger partial charge in [0.1, 0.15) is 0 Å². The van der Waals surface area contributed by atoms with Crippen molar-refractivity contribution >= 4 is 28.6 Å². The number of aromatic nitrogens is 2. The van der Waals surface area contributed by atoms with Gasteiger partial charge in [-0.1, -0.05) is 37.7 Å². The van der Waals surface area contributed by atoms with Gasteiger partial charge in [0.25, 0.3) is 5.56 Å². The van der Waals surface area contributed by atoms with E-state index in [0.29, 0.717) is 28.5 Å². The fourth-order valence-electron chi connectivity index (χ4n) is 2.14. The quantitative estimate of drug-likeness (QED) is 0.652. The second kappa shape index (κ2) is 7.64. The lowest BCUT2D eigenvalue weighted by atomic mass is 10.1. The van der Waals surface area contributed by atoms with E-state index >= 15 is 0 Å². The molecule has 0 spiro atoms. The Hall–Kier alpha value is -1.82. The fraction of sp³-hybridized carbons (Fsp3) is 0.471. The monoisotopic (exact) mass is 333 g/mol. The van der Waals surface area contributed by atoms with Gasteiger partial charge in [-0.25, -0.2) is 4.98 Å². The van der Waals surface area contributed by atoms with E-state index in [1.165, 1.54) is 16.3 Å². The summed E-state index contributed by atoms with van der Waals surface area (Å²) in [5, 5.41) is 3.77. The van der Waals surface area contributed by atoms with Crippen LogP contribution in [-0.2, 0) is 11.8 Å². The normalized spacial score (nSPS) is 12.6. The maximum atomic E-state index is 12.4. The van der Waals surface area contributed by atoms with Gasteiger partial charge in [-0.15, -0.1) is 0 Å². The van der Waals surface area contributed by atoms with Crippen molar-refractivity contribution < 1.29 is 4.79 Å². The Morgan fingerprint density at radius 3 is 2.70 bits per heavy atom. The minimum absolute atomic E-state index is 0.0296. The summed E-state index contributed by atoms with van der Waals surface area (Å²) >= 11 is 1.31. The SMILES string of the molecule is CC(C)CCNC(=O)C(C)Sc1nc2ccccc2c(=O)n1C. The highest BCUT2D eigenvalue weighted by atomic mass is 32.2. The van der Waals surface area contributed by atoms with Crippen molar-refractivity contribution in [2.75, 3.05) is 6.54 Å². The molecule has 124 valence electrons. The molecule has 0 fully saturated rings. The van der Waals surface area contributed by atoms with Crippen LogP contribution in [0.2, 0.25) is 0 Å². The number of fused-ring (bicyclic) bond motifs is 1. The zero-order valence-corrected chi connectivity index (χ0v) is 14.8. The lowest BCUT2D eigenvalue weighted by Crippen LogP contribution is -2.32. The Morgan fingerprint density at radius 2 is 2.00 bits per heavy atom. The Bertz CT molecular complexity index is 755. The van der Waals surface area contributed by atoms with E-state index in [9.17, 15) is 9.59 Å². The summed E-state index contributed by atoms with van der Waals surface area (Å²) < 4.78 is 1.50. The standard InChI is InChI=1S/C17H23N3O2S/c1-11(2)9-10-18-15(21)12(3)23-17-19-14-8-6-5-7-13(14)16(22)20(17)4/h5-8,11-12H,9-10H2,1-4H3,(H,18,21). The maximum absolute atomic E-state index is 12.4. The van der Waals surface area contributed by atoms with Crippen molar-refractivity contribution in [2.45, 2.75) is 37.6 Å². The summed E-state index contributed by atoms with van der Waals surface area (Å²) in [6.45, 7) is 6.75. The predicted octanol–water partition coefficient (Wildman–Crippen LogP) is 2.58. The number of amides is 1. The number of para-hydroxylation sites is 1. The molecule has 1 heterocycles. The summed E-state index contributed by atoms with van der Waals surface area (Å²) in [7, 11) is 1.69. The third kappa shape index (κ3) is 4.34. The molecule has 1 amide bonds. The highest BCUT2D eigenvalue weighted by Gasteiger charge is 2.17. The van der Waals surface area contributed by atoms with E-state index < -0.39 is 0 Å². The average Bonchev–Trinajstić information content (AvgIpc) is 2.51. The molecular weight excluding hydrogens is 310 g/mol. The van der Waals surface area contributed by atoms with Gasteiger partial charge in [0, 0.05) is 13.6 Å². The number of nitrogens with one attached hydrogen (secondary N) is 1. The van der Waals surface area contributed by atoms with Gasteiger partial charge in [0.15, 0.2) is 5.16 Å². The third-order valence-electron chi connectivity index (χ3n) is 3.61. The van der Waals surface area contributed by atoms with Crippen LogP contribution in [0.15, 0.2) is 34.2 Å². The molecule has 0 saturated carbocycles. The Kier molecular flexibility index (Phi) is 5.82. The summed E-state index contributed by atoms with van der Waals surface area (Å²) in [4.78, 5) is 29.0. The minimum Gasteiger partial charge on any atom is -0.355 e. The molecular formula is C17H23N3O2S. The molecule has 5 nitrogen and oxygen atoms in total. The van der Waals surface area contributed by atoms with Crippen molar-refractivity contribution in [3.05, 3.63) is 34.6 Å². The zero-order valence-electron chi connectivity index (χ0n) is 14.0. The van der Waals surface area contributed by atoms with Crippen LogP contribution in [0.4, 0.5) is 0 Å². The summed E-state index contributed by atoms with van der Waals surface area (Å²) in [5.41, 5.74) is 0.566. The maximum Gasteiger partial charge on any atom is 0.261 e. The smallest absolute Gasteiger partial charge is 0.261 e. The molecule has 23 heavy (non-hydrogen) atoms. The number of hydrogen-bond acceptors (Lipinski definition) is 4. The van der Waals surface area contributed by atoms with Crippen LogP contribution in [0.5, 0.6) is 0 Å². The average molecular weight is 333 g/mol. The second-order valence-corrected chi connectivity index (χ2v) is 7.32. The topological polar surface area (TPSA) is 64.0 Å². The number of nitrogens with zero attached hydrogens (tertiary/aromatic N) is 2. The first-order valence-corrected chi connectivity index (χ1v) is 8.68. The van der Waals surface area contributed by atoms with Crippen LogP contribution < -0.4 is 10.9 Å². The van der Waals surface area contributed by atoms with Gasteiger partial charge in [-0.05, 0) is 31.4 Å². The largest absolute Gasteiger partial charge is 0.355 e. The van der Waals surface area contributed by atoms with E-state index in [0.717, 1.165) is 6.42 Å². The molecule has 2 rings (SSSR count). The van der Waals surface area contributed by atoms with Gasteiger partial charge >= 0.3 is 0 Å². The van der Waals surface area contributed by atoms with Crippen LogP contribution in [0.1, 0.15) is 27.2 Å². The molecule has 0 bridgehead atoms. The molecule has 0 radical (unpaired) electrons. The molecule has 1 atom stereocenters. The summed E-state index contributed by atoms with van der Waals surface area (Å²) in [6.07, 6.45) is 0.954. The number of thioether (sulfide) groups is 1. The van der Waals surface area contributed by atoms with Crippen LogP contribution in [0.25, 0.3) is 10.9 Å². The highest BCUT2D eigenvalue weighted by molar-refractivity contribution is 8.00. The Morgan fingerprint density at radius 1 is 1.30 bits per heavy atom. The molecule has 0 saturated heterocycles. The third-order valence-corrected chi connectivity index (χ3v) is 4.76. The van der Waals surface area contributed by atoms with E-state index in [1.807, 2.05) is 25.1 Å². The summed E-state index contributed by atoms with van der Waals surface area (Å²) in [5.74, 6) is 0.527. The van der Waals surface area contributed by atoms with Gasteiger partial charge in [-0.3, -0.25) is 14.2 Å². The molecule has 1 aromatic carbocycles. The van der Waals surface area contributed by atoms with Gasteiger partial charge in [0.2, 0.25) is 5.91 Å². The Labute approximate surface area is 140 Å². The number of hydrogen-bond donors (Lipinski definition) is 1. The number of carbonyl (C=O) groups is 1. The van der Waals surface area contributed by atoms with Crippen molar-refractivity contribution in [1.29, 1.82) is 0 Å². The highest BCUT2D eigenvalue weighted by Crippen LogP contribution is 2.21. The molecule has 1 aromatic heterocycles. The number of benzene rings is 1. The molecule has 1 unspecified atom stereocenters. The molecule has 2 aromatic rings. The van der Waals surface area contributed by atoms with Crippen molar-refractivity contribution in [2.24, 2.45) is 13.0 Å². The van der Waals surface area contributed by atoms with Crippen LogP contribution >= 0.6 is 11.8 Å². The van der Waals surface area contributed by atoms with E-state index in [-0.39, 0.29) is 16.7 Å². The van der Waals surface area contributed by atoms with Gasteiger partial charge in [-0.2, -0.15) is 0 Å². The predicted molar refractivity (Wildman–Crippen MR) is 94.8 cm³/mol. The van der Waals surface area contributed by atoms with Crippen LogP contribution in [-0.4, -0.2) is 27.3 Å². The van der Waals surface area contributed by atoms with Gasteiger partial charge < -0.3 is 5.32 Å². The van der Waals surface area contributed by atoms with Crippen LogP contribution in [0, 0.1) is 5.92 Å². The molecule has 0 aliphatic rings. The van der Waals surface area contributed by atoms with Crippen molar-refractivity contribution in [3.63, 3.8) is 0 Å². The zero-order chi connectivity index (χ0) is 17.0. The minimum atomic E-state index is -0.304. The van der Waals surface area contributed by atoms with E-state index in [2.05, 4.69) is 24.1 Å². The first-order valence-electron chi connectivity index (χ1n) is 7.80. The number of carbonyl (C=O) groups excluding carboxylic acids is 1.